The number of hydrogen-bond acceptors (Lipinski definition) is 2. The number of aromatic nitrogens is 2. The SMILES string of the molecule is CC(C)(C)C1CCC(N)C(n2cnc3c2CCCC3)C1. The van der Waals surface area contributed by atoms with E-state index >= 15 is 0 Å². The fourth-order valence-electron chi connectivity index (χ4n) is 4.05. The van der Waals surface area contributed by atoms with Crippen molar-refractivity contribution in [2.75, 3.05) is 0 Å². The molecule has 3 rings (SSSR count). The number of hydrogen-bond donors (Lipinski definition) is 1. The molecule has 0 saturated heterocycles. The van der Waals surface area contributed by atoms with E-state index in [1.54, 1.807) is 0 Å². The van der Waals surface area contributed by atoms with Gasteiger partial charge in [-0.2, -0.15) is 0 Å². The van der Waals surface area contributed by atoms with Crippen LogP contribution in [0.3, 0.4) is 0 Å². The van der Waals surface area contributed by atoms with Crippen LogP contribution in [0.2, 0.25) is 0 Å². The molecule has 0 spiro atoms. The summed E-state index contributed by atoms with van der Waals surface area (Å²) in [4.78, 5) is 4.66. The van der Waals surface area contributed by atoms with Crippen LogP contribution in [0.4, 0.5) is 0 Å². The van der Waals surface area contributed by atoms with Gasteiger partial charge in [-0.1, -0.05) is 20.8 Å². The van der Waals surface area contributed by atoms with E-state index in [4.69, 9.17) is 5.73 Å². The standard InChI is InChI=1S/C17H29N3/c1-17(2,3)12-8-9-13(18)16(10-12)20-11-19-14-6-4-5-7-15(14)20/h11-13,16H,4-10,18H2,1-3H3. The van der Waals surface area contributed by atoms with Gasteiger partial charge in [-0.05, 0) is 56.3 Å². The molecule has 112 valence electrons. The zero-order chi connectivity index (χ0) is 14.3. The molecule has 1 saturated carbocycles. The van der Waals surface area contributed by atoms with Crippen LogP contribution >= 0.6 is 0 Å². The summed E-state index contributed by atoms with van der Waals surface area (Å²) in [6.45, 7) is 7.11. The van der Waals surface area contributed by atoms with Crippen LogP contribution in [0.1, 0.15) is 70.3 Å². The molecule has 3 unspecified atom stereocenters. The molecule has 0 aromatic carbocycles. The molecule has 3 heteroatoms. The lowest BCUT2D eigenvalue weighted by Gasteiger charge is -2.41. The first-order chi connectivity index (χ1) is 9.47. The lowest BCUT2D eigenvalue weighted by atomic mass is 9.69. The largest absolute Gasteiger partial charge is 0.330 e. The van der Waals surface area contributed by atoms with Crippen molar-refractivity contribution in [3.8, 4) is 0 Å². The van der Waals surface area contributed by atoms with Gasteiger partial charge >= 0.3 is 0 Å². The fraction of sp³-hybridized carbons (Fsp3) is 0.824. The third-order valence-electron chi connectivity index (χ3n) is 5.51. The van der Waals surface area contributed by atoms with Gasteiger partial charge in [0.25, 0.3) is 0 Å². The van der Waals surface area contributed by atoms with Gasteiger partial charge in [0.2, 0.25) is 0 Å². The van der Waals surface area contributed by atoms with Crippen molar-refractivity contribution in [2.45, 2.75) is 77.8 Å². The first-order valence-corrected chi connectivity index (χ1v) is 8.27. The highest BCUT2D eigenvalue weighted by Crippen LogP contribution is 2.42. The lowest BCUT2D eigenvalue weighted by molar-refractivity contribution is 0.128. The molecular formula is C17H29N3. The Labute approximate surface area is 123 Å². The van der Waals surface area contributed by atoms with E-state index < -0.39 is 0 Å². The highest BCUT2D eigenvalue weighted by Gasteiger charge is 2.36. The predicted octanol–water partition coefficient (Wildman–Crippen LogP) is 3.48. The summed E-state index contributed by atoms with van der Waals surface area (Å²) in [6.07, 6.45) is 10.7. The fourth-order valence-corrected chi connectivity index (χ4v) is 4.05. The van der Waals surface area contributed by atoms with E-state index in [1.807, 2.05) is 0 Å². The third-order valence-corrected chi connectivity index (χ3v) is 5.51. The van der Waals surface area contributed by atoms with Crippen LogP contribution < -0.4 is 5.73 Å². The molecule has 0 radical (unpaired) electrons. The van der Waals surface area contributed by atoms with Gasteiger partial charge < -0.3 is 10.3 Å². The van der Waals surface area contributed by atoms with Gasteiger partial charge in [-0.25, -0.2) is 4.98 Å². The summed E-state index contributed by atoms with van der Waals surface area (Å²) >= 11 is 0. The number of rotatable bonds is 1. The molecule has 1 aromatic heterocycles. The van der Waals surface area contributed by atoms with Gasteiger partial charge in [0.15, 0.2) is 0 Å². The Morgan fingerprint density at radius 3 is 2.70 bits per heavy atom. The summed E-state index contributed by atoms with van der Waals surface area (Å²) in [5.41, 5.74) is 9.66. The molecule has 3 atom stereocenters. The summed E-state index contributed by atoms with van der Waals surface area (Å²) in [7, 11) is 0. The highest BCUT2D eigenvalue weighted by atomic mass is 15.1. The molecule has 0 aliphatic heterocycles. The van der Waals surface area contributed by atoms with Gasteiger partial charge in [-0.3, -0.25) is 0 Å². The molecule has 1 heterocycles. The summed E-state index contributed by atoms with van der Waals surface area (Å²) < 4.78 is 2.44. The maximum atomic E-state index is 6.46. The van der Waals surface area contributed by atoms with Crippen molar-refractivity contribution in [3.63, 3.8) is 0 Å². The maximum absolute atomic E-state index is 6.46. The Morgan fingerprint density at radius 1 is 1.20 bits per heavy atom. The van der Waals surface area contributed by atoms with Crippen molar-refractivity contribution >= 4 is 0 Å². The minimum absolute atomic E-state index is 0.300. The molecule has 2 aliphatic carbocycles. The molecule has 1 fully saturated rings. The van der Waals surface area contributed by atoms with Gasteiger partial charge in [-0.15, -0.1) is 0 Å². The van der Waals surface area contributed by atoms with Crippen LogP contribution in [-0.4, -0.2) is 15.6 Å². The summed E-state index contributed by atoms with van der Waals surface area (Å²) in [5.74, 6) is 0.772. The molecule has 1 aromatic rings. The van der Waals surface area contributed by atoms with E-state index in [0.717, 1.165) is 18.8 Å². The number of aryl methyl sites for hydroxylation is 1. The first kappa shape index (κ1) is 14.1. The second kappa shape index (κ2) is 5.18. The molecule has 2 aliphatic rings. The summed E-state index contributed by atoms with van der Waals surface area (Å²) in [6, 6.07) is 0.760. The molecule has 2 N–H and O–H groups in total. The molecule has 20 heavy (non-hydrogen) atoms. The number of imidazole rings is 1. The molecule has 0 amide bonds. The van der Waals surface area contributed by atoms with Crippen LogP contribution in [0.15, 0.2) is 6.33 Å². The monoisotopic (exact) mass is 275 g/mol. The Morgan fingerprint density at radius 2 is 1.95 bits per heavy atom. The normalized spacial score (nSPS) is 31.1. The summed E-state index contributed by atoms with van der Waals surface area (Å²) in [5, 5.41) is 0. The Kier molecular flexibility index (Phi) is 3.65. The number of nitrogens with zero attached hydrogens (tertiary/aromatic N) is 2. The van der Waals surface area contributed by atoms with Crippen LogP contribution in [0, 0.1) is 11.3 Å². The Balaban J connectivity index is 1.86. The van der Waals surface area contributed by atoms with Crippen molar-refractivity contribution in [1.82, 2.24) is 9.55 Å². The van der Waals surface area contributed by atoms with E-state index in [2.05, 4.69) is 36.6 Å². The van der Waals surface area contributed by atoms with Gasteiger partial charge in [0.1, 0.15) is 0 Å². The third kappa shape index (κ3) is 2.52. The molecule has 3 nitrogen and oxygen atoms in total. The topological polar surface area (TPSA) is 43.8 Å². The Hall–Kier alpha value is -0.830. The van der Waals surface area contributed by atoms with Crippen LogP contribution in [0.25, 0.3) is 0 Å². The second-order valence-corrected chi connectivity index (χ2v) is 7.86. The minimum Gasteiger partial charge on any atom is -0.330 e. The smallest absolute Gasteiger partial charge is 0.0954 e. The first-order valence-electron chi connectivity index (χ1n) is 8.27. The Bertz CT molecular complexity index is 469. The average Bonchev–Trinajstić information content (AvgIpc) is 2.82. The maximum Gasteiger partial charge on any atom is 0.0954 e. The number of nitrogens with two attached hydrogens (primary N) is 1. The van der Waals surface area contributed by atoms with Gasteiger partial charge in [0.05, 0.1) is 18.1 Å². The highest BCUT2D eigenvalue weighted by molar-refractivity contribution is 5.18. The molecule has 0 bridgehead atoms. The zero-order valence-electron chi connectivity index (χ0n) is 13.2. The minimum atomic E-state index is 0.300. The van der Waals surface area contributed by atoms with E-state index in [9.17, 15) is 0 Å². The van der Waals surface area contributed by atoms with Gasteiger partial charge in [0, 0.05) is 11.7 Å². The lowest BCUT2D eigenvalue weighted by Crippen LogP contribution is -2.41. The second-order valence-electron chi connectivity index (χ2n) is 7.86. The van der Waals surface area contributed by atoms with E-state index in [0.29, 0.717) is 17.5 Å². The average molecular weight is 275 g/mol. The van der Waals surface area contributed by atoms with Crippen molar-refractivity contribution in [1.29, 1.82) is 0 Å². The number of fused-ring (bicyclic) bond motifs is 1. The molecular weight excluding hydrogens is 246 g/mol. The van der Waals surface area contributed by atoms with E-state index in [1.165, 1.54) is 43.5 Å². The van der Waals surface area contributed by atoms with Crippen molar-refractivity contribution < 1.29 is 0 Å². The van der Waals surface area contributed by atoms with Crippen molar-refractivity contribution in [3.05, 3.63) is 17.7 Å². The van der Waals surface area contributed by atoms with Crippen LogP contribution in [0.5, 0.6) is 0 Å². The quantitative estimate of drug-likeness (QED) is 0.852. The zero-order valence-corrected chi connectivity index (χ0v) is 13.2. The predicted molar refractivity (Wildman–Crippen MR) is 82.7 cm³/mol. The van der Waals surface area contributed by atoms with E-state index in [-0.39, 0.29) is 0 Å². The van der Waals surface area contributed by atoms with Crippen LogP contribution in [-0.2, 0) is 12.8 Å². The van der Waals surface area contributed by atoms with Crippen molar-refractivity contribution in [2.24, 2.45) is 17.1 Å².